The summed E-state index contributed by atoms with van der Waals surface area (Å²) in [6.07, 6.45) is 0. The molecular formula is C52H47NO2. The van der Waals surface area contributed by atoms with Crippen LogP contribution in [0.15, 0.2) is 152 Å². The average molecular weight is 718 g/mol. The van der Waals surface area contributed by atoms with Gasteiger partial charge in [-0.3, -0.25) is 0 Å². The summed E-state index contributed by atoms with van der Waals surface area (Å²) in [6, 6.07) is 53.2. The second-order valence-electron chi connectivity index (χ2n) is 15.8. The lowest BCUT2D eigenvalue weighted by Gasteiger charge is -2.29. The number of rotatable bonds is 8. The molecule has 55 heavy (non-hydrogen) atoms. The fraction of sp³-hybridized carbons (Fsp3) is 0.173. The molecular weight excluding hydrogens is 671 g/mol. The quantitative estimate of drug-likeness (QED) is 0.116. The van der Waals surface area contributed by atoms with E-state index in [4.69, 9.17) is 4.74 Å². The van der Waals surface area contributed by atoms with Gasteiger partial charge in [0.05, 0.1) is 5.56 Å². The van der Waals surface area contributed by atoms with E-state index in [9.17, 15) is 4.79 Å². The van der Waals surface area contributed by atoms with Crippen molar-refractivity contribution in [3.05, 3.63) is 191 Å². The highest BCUT2D eigenvalue weighted by molar-refractivity contribution is 5.92. The Morgan fingerprint density at radius 1 is 0.545 bits per heavy atom. The topological polar surface area (TPSA) is 29.5 Å². The van der Waals surface area contributed by atoms with E-state index in [2.05, 4.69) is 156 Å². The van der Waals surface area contributed by atoms with Crippen molar-refractivity contribution in [2.24, 2.45) is 0 Å². The Morgan fingerprint density at radius 3 is 1.82 bits per heavy atom. The summed E-state index contributed by atoms with van der Waals surface area (Å²) in [4.78, 5) is 15.5. The van der Waals surface area contributed by atoms with Gasteiger partial charge in [0.1, 0.15) is 5.75 Å². The third-order valence-electron chi connectivity index (χ3n) is 11.2. The van der Waals surface area contributed by atoms with Crippen LogP contribution in [0.2, 0.25) is 0 Å². The summed E-state index contributed by atoms with van der Waals surface area (Å²) in [5, 5.41) is 0. The Labute approximate surface area is 325 Å². The van der Waals surface area contributed by atoms with Gasteiger partial charge in [-0.05, 0) is 154 Å². The SMILES string of the molecule is Cc1cc(C)cc(N(c2ccc(-c3ccc(C(=O)Oc4ccc(-c5cc(C(C)C)ccc5C)cc4)cc3)cc2)c2ccc3c(c2)C(C)(C)c2ccccc2-3)c1. The Kier molecular flexibility index (Phi) is 9.27. The molecule has 0 saturated carbocycles. The van der Waals surface area contributed by atoms with Crippen LogP contribution in [0.25, 0.3) is 33.4 Å². The first kappa shape index (κ1) is 35.8. The van der Waals surface area contributed by atoms with Crippen LogP contribution in [-0.2, 0) is 5.41 Å². The molecule has 8 rings (SSSR count). The van der Waals surface area contributed by atoms with Gasteiger partial charge in [0.25, 0.3) is 0 Å². The molecule has 1 aliphatic rings. The number of hydrogen-bond acceptors (Lipinski definition) is 3. The summed E-state index contributed by atoms with van der Waals surface area (Å²) >= 11 is 0. The summed E-state index contributed by atoms with van der Waals surface area (Å²) < 4.78 is 5.79. The molecule has 0 aliphatic heterocycles. The number of fused-ring (bicyclic) bond motifs is 3. The third kappa shape index (κ3) is 6.87. The predicted octanol–water partition coefficient (Wildman–Crippen LogP) is 14.1. The van der Waals surface area contributed by atoms with Crippen LogP contribution < -0.4 is 9.64 Å². The van der Waals surface area contributed by atoms with E-state index in [0.29, 0.717) is 17.2 Å². The highest BCUT2D eigenvalue weighted by atomic mass is 16.5. The summed E-state index contributed by atoms with van der Waals surface area (Å²) in [7, 11) is 0. The van der Waals surface area contributed by atoms with Gasteiger partial charge in [0.15, 0.2) is 0 Å². The summed E-state index contributed by atoms with van der Waals surface area (Å²) in [6.45, 7) is 15.5. The molecule has 0 radical (unpaired) electrons. The minimum Gasteiger partial charge on any atom is -0.423 e. The van der Waals surface area contributed by atoms with Gasteiger partial charge >= 0.3 is 5.97 Å². The predicted molar refractivity (Wildman–Crippen MR) is 229 cm³/mol. The lowest BCUT2D eigenvalue weighted by atomic mass is 9.82. The number of ether oxygens (including phenoxy) is 1. The Hall–Kier alpha value is -6.19. The van der Waals surface area contributed by atoms with E-state index >= 15 is 0 Å². The lowest BCUT2D eigenvalue weighted by Crippen LogP contribution is -2.16. The monoisotopic (exact) mass is 717 g/mol. The van der Waals surface area contributed by atoms with Gasteiger partial charge < -0.3 is 9.64 Å². The summed E-state index contributed by atoms with van der Waals surface area (Å²) in [5.41, 5.74) is 18.5. The van der Waals surface area contributed by atoms with Crippen LogP contribution in [0.1, 0.15) is 77.4 Å². The van der Waals surface area contributed by atoms with E-state index in [1.807, 2.05) is 48.5 Å². The normalized spacial score (nSPS) is 12.7. The molecule has 0 unspecified atom stereocenters. The Morgan fingerprint density at radius 2 is 1.15 bits per heavy atom. The maximum Gasteiger partial charge on any atom is 0.343 e. The fourth-order valence-electron chi connectivity index (χ4n) is 8.14. The van der Waals surface area contributed by atoms with Gasteiger partial charge in [-0.1, -0.05) is 119 Å². The third-order valence-corrected chi connectivity index (χ3v) is 11.2. The maximum absolute atomic E-state index is 13.2. The largest absolute Gasteiger partial charge is 0.423 e. The molecule has 0 bridgehead atoms. The Balaban J connectivity index is 1.03. The smallest absolute Gasteiger partial charge is 0.343 e. The molecule has 0 N–H and O–H groups in total. The van der Waals surface area contributed by atoms with Crippen molar-refractivity contribution in [1.82, 2.24) is 0 Å². The first-order chi connectivity index (χ1) is 26.5. The van der Waals surface area contributed by atoms with Crippen molar-refractivity contribution in [2.75, 3.05) is 4.90 Å². The van der Waals surface area contributed by atoms with Crippen LogP contribution in [0.4, 0.5) is 17.1 Å². The fourth-order valence-corrected chi connectivity index (χ4v) is 8.14. The molecule has 3 nitrogen and oxygen atoms in total. The van der Waals surface area contributed by atoms with Crippen molar-refractivity contribution in [3.63, 3.8) is 0 Å². The standard InChI is InChI=1S/C52H47NO2/c1-33(2)41-13-12-36(5)48(31-41)39-20-25-45(26-21-39)55-51(54)40-16-14-37(15-17-40)38-18-22-42(23-19-38)53(44-29-34(3)28-35(4)30-44)43-24-27-47-46-10-8-9-11-49(46)52(6,7)50(47)32-43/h8-33H,1-7H3. The number of benzene rings is 7. The average Bonchev–Trinajstić information content (AvgIpc) is 3.41. The Bertz CT molecular complexity index is 2520. The number of esters is 1. The van der Waals surface area contributed by atoms with Crippen LogP contribution in [-0.4, -0.2) is 5.97 Å². The number of nitrogens with zero attached hydrogens (tertiary/aromatic N) is 1. The van der Waals surface area contributed by atoms with Crippen molar-refractivity contribution >= 4 is 23.0 Å². The molecule has 1 aliphatic carbocycles. The molecule has 7 aromatic carbocycles. The maximum atomic E-state index is 13.2. The molecule has 0 aromatic heterocycles. The lowest BCUT2D eigenvalue weighted by molar-refractivity contribution is 0.0735. The number of aryl methyl sites for hydroxylation is 3. The van der Waals surface area contributed by atoms with E-state index in [1.54, 1.807) is 0 Å². The molecule has 272 valence electrons. The van der Waals surface area contributed by atoms with Gasteiger partial charge in [-0.25, -0.2) is 4.79 Å². The van der Waals surface area contributed by atoms with Crippen molar-refractivity contribution in [3.8, 4) is 39.1 Å². The van der Waals surface area contributed by atoms with Crippen LogP contribution >= 0.6 is 0 Å². The molecule has 0 amide bonds. The highest BCUT2D eigenvalue weighted by Crippen LogP contribution is 2.50. The van der Waals surface area contributed by atoms with E-state index in [0.717, 1.165) is 33.8 Å². The first-order valence-electron chi connectivity index (χ1n) is 19.2. The minimum absolute atomic E-state index is 0.0946. The van der Waals surface area contributed by atoms with E-state index in [1.165, 1.54) is 50.1 Å². The van der Waals surface area contributed by atoms with Crippen LogP contribution in [0, 0.1) is 20.8 Å². The second-order valence-corrected chi connectivity index (χ2v) is 15.8. The summed E-state index contributed by atoms with van der Waals surface area (Å²) in [5.74, 6) is 0.602. The molecule has 0 heterocycles. The van der Waals surface area contributed by atoms with Crippen LogP contribution in [0.3, 0.4) is 0 Å². The zero-order valence-electron chi connectivity index (χ0n) is 32.8. The molecule has 0 saturated heterocycles. The van der Waals surface area contributed by atoms with Gasteiger partial charge in [-0.15, -0.1) is 0 Å². The van der Waals surface area contributed by atoms with Crippen molar-refractivity contribution in [1.29, 1.82) is 0 Å². The number of hydrogen-bond donors (Lipinski definition) is 0. The zero-order chi connectivity index (χ0) is 38.4. The molecule has 0 fully saturated rings. The highest BCUT2D eigenvalue weighted by Gasteiger charge is 2.35. The van der Waals surface area contributed by atoms with Gasteiger partial charge in [0.2, 0.25) is 0 Å². The van der Waals surface area contributed by atoms with Gasteiger partial charge in [0, 0.05) is 22.5 Å². The molecule has 0 atom stereocenters. The van der Waals surface area contributed by atoms with Crippen molar-refractivity contribution in [2.45, 2.75) is 59.8 Å². The molecule has 0 spiro atoms. The van der Waals surface area contributed by atoms with Crippen molar-refractivity contribution < 1.29 is 9.53 Å². The zero-order valence-corrected chi connectivity index (χ0v) is 32.8. The minimum atomic E-state index is -0.377. The van der Waals surface area contributed by atoms with E-state index in [-0.39, 0.29) is 11.4 Å². The van der Waals surface area contributed by atoms with Crippen LogP contribution in [0.5, 0.6) is 5.75 Å². The number of anilines is 3. The number of carbonyl (C=O) groups is 1. The number of carbonyl (C=O) groups excluding carboxylic acids is 1. The second kappa shape index (κ2) is 14.2. The van der Waals surface area contributed by atoms with E-state index < -0.39 is 0 Å². The molecule has 3 heteroatoms. The van der Waals surface area contributed by atoms with Gasteiger partial charge in [-0.2, -0.15) is 0 Å². The molecule has 7 aromatic rings. The first-order valence-corrected chi connectivity index (χ1v) is 19.2.